The van der Waals surface area contributed by atoms with E-state index in [1.165, 1.54) is 0 Å². The molecule has 20 heavy (non-hydrogen) atoms. The van der Waals surface area contributed by atoms with E-state index >= 15 is 0 Å². The molecule has 1 amide bonds. The molecule has 1 saturated heterocycles. The molecular weight excluding hydrogens is 320 g/mol. The van der Waals surface area contributed by atoms with Gasteiger partial charge in [0.1, 0.15) is 11.8 Å². The Balaban J connectivity index is 1.74. The van der Waals surface area contributed by atoms with Gasteiger partial charge < -0.3 is 14.6 Å². The van der Waals surface area contributed by atoms with Crippen molar-refractivity contribution in [1.29, 1.82) is 0 Å². The summed E-state index contributed by atoms with van der Waals surface area (Å²) in [5.74, 6) is 0.0138. The zero-order valence-corrected chi connectivity index (χ0v) is 12.5. The number of morpholine rings is 1. The second-order valence-corrected chi connectivity index (χ2v) is 5.67. The van der Waals surface area contributed by atoms with E-state index in [4.69, 9.17) is 4.74 Å². The van der Waals surface area contributed by atoms with Gasteiger partial charge in [-0.3, -0.25) is 4.79 Å². The average Bonchev–Trinajstić information content (AvgIpc) is 2.94. The Kier molecular flexibility index (Phi) is 3.89. The molecule has 1 aromatic heterocycles. The highest BCUT2D eigenvalue weighted by molar-refractivity contribution is 9.10. The monoisotopic (exact) mass is 334 g/mol. The van der Waals surface area contributed by atoms with Crippen molar-refractivity contribution in [2.75, 3.05) is 19.7 Å². The first-order valence-electron chi connectivity index (χ1n) is 6.54. The summed E-state index contributed by atoms with van der Waals surface area (Å²) in [5, 5.41) is 0. The highest BCUT2D eigenvalue weighted by Crippen LogP contribution is 2.23. The fourth-order valence-corrected chi connectivity index (χ4v) is 2.71. The summed E-state index contributed by atoms with van der Waals surface area (Å²) in [5.41, 5.74) is 1.71. The van der Waals surface area contributed by atoms with Crippen LogP contribution in [0.2, 0.25) is 0 Å². The van der Waals surface area contributed by atoms with Crippen LogP contribution in [0, 0.1) is 0 Å². The lowest BCUT2D eigenvalue weighted by molar-refractivity contribution is -0.0229. The SMILES string of the molecule is O=C(c1cc(Br)c[nH]1)N1CCO[C@H](c2ccccc2)C1. The average molecular weight is 335 g/mol. The topological polar surface area (TPSA) is 45.3 Å². The largest absolute Gasteiger partial charge is 0.370 e. The van der Waals surface area contributed by atoms with Crippen LogP contribution < -0.4 is 0 Å². The third-order valence-electron chi connectivity index (χ3n) is 3.40. The van der Waals surface area contributed by atoms with Gasteiger partial charge in [0, 0.05) is 17.2 Å². The molecule has 0 saturated carbocycles. The van der Waals surface area contributed by atoms with E-state index in [0.29, 0.717) is 25.4 Å². The Bertz CT molecular complexity index is 597. The molecule has 1 aromatic carbocycles. The fourth-order valence-electron chi connectivity index (χ4n) is 2.36. The van der Waals surface area contributed by atoms with E-state index in [9.17, 15) is 4.79 Å². The molecule has 2 heterocycles. The predicted octanol–water partition coefficient (Wildman–Crippen LogP) is 2.99. The normalized spacial score (nSPS) is 19.1. The van der Waals surface area contributed by atoms with Gasteiger partial charge >= 0.3 is 0 Å². The number of hydrogen-bond donors (Lipinski definition) is 1. The Labute approximate surface area is 125 Å². The van der Waals surface area contributed by atoms with Crippen LogP contribution in [0.25, 0.3) is 0 Å². The second-order valence-electron chi connectivity index (χ2n) is 4.75. The maximum Gasteiger partial charge on any atom is 0.270 e. The third kappa shape index (κ3) is 2.78. The molecule has 1 aliphatic heterocycles. The Morgan fingerprint density at radius 3 is 2.85 bits per heavy atom. The van der Waals surface area contributed by atoms with E-state index in [2.05, 4.69) is 20.9 Å². The van der Waals surface area contributed by atoms with Crippen LogP contribution in [0.1, 0.15) is 22.2 Å². The number of nitrogens with one attached hydrogen (secondary N) is 1. The first-order valence-corrected chi connectivity index (χ1v) is 7.33. The Hall–Kier alpha value is -1.59. The molecule has 1 atom stereocenters. The van der Waals surface area contributed by atoms with Crippen molar-refractivity contribution in [3.8, 4) is 0 Å². The van der Waals surface area contributed by atoms with Crippen LogP contribution in [0.15, 0.2) is 47.1 Å². The lowest BCUT2D eigenvalue weighted by atomic mass is 10.1. The maximum absolute atomic E-state index is 12.4. The zero-order valence-electron chi connectivity index (χ0n) is 10.9. The van der Waals surface area contributed by atoms with Gasteiger partial charge in [-0.1, -0.05) is 30.3 Å². The lowest BCUT2D eigenvalue weighted by Gasteiger charge is -2.33. The Morgan fingerprint density at radius 1 is 1.35 bits per heavy atom. The van der Waals surface area contributed by atoms with Gasteiger partial charge in [0.2, 0.25) is 0 Å². The van der Waals surface area contributed by atoms with Gasteiger partial charge in [-0.05, 0) is 27.6 Å². The number of ether oxygens (including phenoxy) is 1. The number of aromatic amines is 1. The molecule has 104 valence electrons. The first kappa shape index (κ1) is 13.4. The van der Waals surface area contributed by atoms with Crippen LogP contribution in [-0.4, -0.2) is 35.5 Å². The van der Waals surface area contributed by atoms with Gasteiger partial charge in [0.15, 0.2) is 0 Å². The molecule has 4 nitrogen and oxygen atoms in total. The standard InChI is InChI=1S/C15H15BrN2O2/c16-12-8-13(17-9-12)15(19)18-6-7-20-14(10-18)11-4-2-1-3-5-11/h1-5,8-9,14,17H,6-7,10H2/t14-/m0/s1. The van der Waals surface area contributed by atoms with E-state index in [1.807, 2.05) is 35.2 Å². The quantitative estimate of drug-likeness (QED) is 0.917. The summed E-state index contributed by atoms with van der Waals surface area (Å²) >= 11 is 3.35. The number of H-pyrrole nitrogens is 1. The zero-order chi connectivity index (χ0) is 13.9. The van der Waals surface area contributed by atoms with Gasteiger partial charge in [-0.2, -0.15) is 0 Å². The van der Waals surface area contributed by atoms with Crippen LogP contribution >= 0.6 is 15.9 Å². The van der Waals surface area contributed by atoms with Crippen LogP contribution in [0.4, 0.5) is 0 Å². The predicted molar refractivity (Wildman–Crippen MR) is 79.5 cm³/mol. The number of carbonyl (C=O) groups is 1. The smallest absolute Gasteiger partial charge is 0.270 e. The number of halogens is 1. The number of rotatable bonds is 2. The van der Waals surface area contributed by atoms with Gasteiger partial charge in [-0.25, -0.2) is 0 Å². The van der Waals surface area contributed by atoms with Crippen LogP contribution in [-0.2, 0) is 4.74 Å². The molecule has 0 spiro atoms. The molecule has 0 aliphatic carbocycles. The van der Waals surface area contributed by atoms with E-state index in [1.54, 1.807) is 12.3 Å². The minimum absolute atomic E-state index is 0.0138. The summed E-state index contributed by atoms with van der Waals surface area (Å²) in [7, 11) is 0. The first-order chi connectivity index (χ1) is 9.74. The van der Waals surface area contributed by atoms with Crippen molar-refractivity contribution in [2.24, 2.45) is 0 Å². The minimum atomic E-state index is -0.0488. The molecule has 2 aromatic rings. The second kappa shape index (κ2) is 5.81. The van der Waals surface area contributed by atoms with Crippen molar-refractivity contribution in [3.05, 3.63) is 58.3 Å². The molecule has 0 unspecified atom stereocenters. The van der Waals surface area contributed by atoms with Crippen molar-refractivity contribution in [2.45, 2.75) is 6.10 Å². The van der Waals surface area contributed by atoms with Gasteiger partial charge in [-0.15, -0.1) is 0 Å². The van der Waals surface area contributed by atoms with Crippen molar-refractivity contribution < 1.29 is 9.53 Å². The van der Waals surface area contributed by atoms with Crippen molar-refractivity contribution >= 4 is 21.8 Å². The molecule has 5 heteroatoms. The highest BCUT2D eigenvalue weighted by Gasteiger charge is 2.26. The van der Waals surface area contributed by atoms with Crippen LogP contribution in [0.3, 0.4) is 0 Å². The number of carbonyl (C=O) groups excluding carboxylic acids is 1. The molecule has 1 fully saturated rings. The van der Waals surface area contributed by atoms with E-state index in [-0.39, 0.29) is 12.0 Å². The van der Waals surface area contributed by atoms with Crippen molar-refractivity contribution in [1.82, 2.24) is 9.88 Å². The molecule has 0 bridgehead atoms. The van der Waals surface area contributed by atoms with E-state index < -0.39 is 0 Å². The van der Waals surface area contributed by atoms with Gasteiger partial charge in [0.05, 0.1) is 13.2 Å². The Morgan fingerprint density at radius 2 is 2.15 bits per heavy atom. The number of benzene rings is 1. The van der Waals surface area contributed by atoms with E-state index in [0.717, 1.165) is 10.0 Å². The third-order valence-corrected chi connectivity index (χ3v) is 3.86. The van der Waals surface area contributed by atoms with Crippen molar-refractivity contribution in [3.63, 3.8) is 0 Å². The molecule has 0 radical (unpaired) electrons. The maximum atomic E-state index is 12.4. The summed E-state index contributed by atoms with van der Waals surface area (Å²) < 4.78 is 6.66. The fraction of sp³-hybridized carbons (Fsp3) is 0.267. The number of nitrogens with zero attached hydrogens (tertiary/aromatic N) is 1. The minimum Gasteiger partial charge on any atom is -0.370 e. The number of aromatic nitrogens is 1. The van der Waals surface area contributed by atoms with Gasteiger partial charge in [0.25, 0.3) is 5.91 Å². The number of hydrogen-bond acceptors (Lipinski definition) is 2. The molecule has 1 aliphatic rings. The molecule has 1 N–H and O–H groups in total. The summed E-state index contributed by atoms with van der Waals surface area (Å²) in [6.45, 7) is 1.77. The summed E-state index contributed by atoms with van der Waals surface area (Å²) in [4.78, 5) is 17.2. The number of amides is 1. The highest BCUT2D eigenvalue weighted by atomic mass is 79.9. The molecule has 3 rings (SSSR count). The van der Waals surface area contributed by atoms with Crippen LogP contribution in [0.5, 0.6) is 0 Å². The lowest BCUT2D eigenvalue weighted by Crippen LogP contribution is -2.42. The molecular formula is C15H15BrN2O2. The summed E-state index contributed by atoms with van der Waals surface area (Å²) in [6.07, 6.45) is 1.72. The summed E-state index contributed by atoms with van der Waals surface area (Å²) in [6, 6.07) is 11.8.